The van der Waals surface area contributed by atoms with Gasteiger partial charge in [-0.15, -0.1) is 0 Å². The van der Waals surface area contributed by atoms with E-state index >= 15 is 0 Å². The van der Waals surface area contributed by atoms with Crippen LogP contribution in [0.2, 0.25) is 0 Å². The van der Waals surface area contributed by atoms with Crippen molar-refractivity contribution in [2.75, 3.05) is 6.54 Å². The van der Waals surface area contributed by atoms with Crippen molar-refractivity contribution < 1.29 is 14.3 Å². The Labute approximate surface area is 83.8 Å². The first-order valence-corrected chi connectivity index (χ1v) is 4.58. The highest BCUT2D eigenvalue weighted by Gasteiger charge is 2.17. The Morgan fingerprint density at radius 2 is 2.46 bits per heavy atom. The highest BCUT2D eigenvalue weighted by molar-refractivity contribution is 9.10. The number of carboxylic acid groups (broad SMARTS) is 1. The van der Waals surface area contributed by atoms with Crippen LogP contribution in [-0.2, 0) is 4.79 Å². The Bertz CT molecular complexity index is 297. The number of hydrogen-bond acceptors (Lipinski definition) is 3. The zero-order valence-corrected chi connectivity index (χ0v) is 8.45. The highest BCUT2D eigenvalue weighted by atomic mass is 79.9. The van der Waals surface area contributed by atoms with Crippen molar-refractivity contribution >= 4 is 21.9 Å². The smallest absolute Gasteiger partial charge is 0.304 e. The van der Waals surface area contributed by atoms with Crippen LogP contribution in [0.1, 0.15) is 18.1 Å². The van der Waals surface area contributed by atoms with Crippen molar-refractivity contribution in [1.82, 2.24) is 0 Å². The molecule has 4 nitrogen and oxygen atoms in total. The summed E-state index contributed by atoms with van der Waals surface area (Å²) in [7, 11) is 0. The zero-order chi connectivity index (χ0) is 9.84. The van der Waals surface area contributed by atoms with Gasteiger partial charge in [-0.3, -0.25) is 4.79 Å². The number of carbonyl (C=O) groups is 1. The summed E-state index contributed by atoms with van der Waals surface area (Å²) in [6.07, 6.45) is 1.51. The van der Waals surface area contributed by atoms with Gasteiger partial charge in [-0.05, 0) is 22.0 Å². The summed E-state index contributed by atoms with van der Waals surface area (Å²) in [6, 6.07) is 1.74. The molecule has 0 fully saturated rings. The number of halogens is 1. The largest absolute Gasteiger partial charge is 0.481 e. The minimum atomic E-state index is -0.872. The second-order valence-corrected chi connectivity index (χ2v) is 3.61. The van der Waals surface area contributed by atoms with Crippen molar-refractivity contribution in [3.05, 3.63) is 22.6 Å². The molecule has 72 valence electrons. The summed E-state index contributed by atoms with van der Waals surface area (Å²) in [4.78, 5) is 10.4. The normalized spacial score (nSPS) is 12.8. The van der Waals surface area contributed by atoms with Gasteiger partial charge >= 0.3 is 5.97 Å². The summed E-state index contributed by atoms with van der Waals surface area (Å²) in [5, 5.41) is 8.57. The fraction of sp³-hybridized carbons (Fsp3) is 0.375. The summed E-state index contributed by atoms with van der Waals surface area (Å²) in [6.45, 7) is 0.270. The predicted molar refractivity (Wildman–Crippen MR) is 50.5 cm³/mol. The number of carboxylic acids is 1. The van der Waals surface area contributed by atoms with E-state index in [1.807, 2.05) is 0 Å². The molecule has 0 bridgehead atoms. The van der Waals surface area contributed by atoms with Crippen molar-refractivity contribution in [3.63, 3.8) is 0 Å². The standard InChI is InChI=1S/C8H10BrNO3/c9-6-2-7(13-4-6)5(3-10)1-8(11)12/h2,4-5H,1,3,10H2,(H,11,12). The summed E-state index contributed by atoms with van der Waals surface area (Å²) in [5.41, 5.74) is 5.42. The fourth-order valence-corrected chi connectivity index (χ4v) is 1.37. The van der Waals surface area contributed by atoms with Gasteiger partial charge in [0.15, 0.2) is 0 Å². The van der Waals surface area contributed by atoms with E-state index in [1.54, 1.807) is 6.07 Å². The maximum atomic E-state index is 10.4. The van der Waals surface area contributed by atoms with Crippen molar-refractivity contribution in [3.8, 4) is 0 Å². The van der Waals surface area contributed by atoms with Gasteiger partial charge in [0.2, 0.25) is 0 Å². The minimum Gasteiger partial charge on any atom is -0.481 e. The molecule has 3 N–H and O–H groups in total. The lowest BCUT2D eigenvalue weighted by Crippen LogP contribution is -2.15. The number of aliphatic carboxylic acids is 1. The quantitative estimate of drug-likeness (QED) is 0.847. The van der Waals surface area contributed by atoms with Gasteiger partial charge in [0, 0.05) is 12.5 Å². The average Bonchev–Trinajstić information content (AvgIpc) is 2.47. The van der Waals surface area contributed by atoms with Crippen LogP contribution in [0.5, 0.6) is 0 Å². The molecule has 1 heterocycles. The van der Waals surface area contributed by atoms with Gasteiger partial charge in [-0.25, -0.2) is 0 Å². The Morgan fingerprint density at radius 3 is 2.85 bits per heavy atom. The molecule has 1 atom stereocenters. The molecule has 0 aliphatic carbocycles. The van der Waals surface area contributed by atoms with Crippen LogP contribution in [0, 0.1) is 0 Å². The summed E-state index contributed by atoms with van der Waals surface area (Å²) >= 11 is 3.21. The molecule has 1 rings (SSSR count). The first-order valence-electron chi connectivity index (χ1n) is 3.79. The Kier molecular flexibility index (Phi) is 3.50. The minimum absolute atomic E-state index is 0.00352. The van der Waals surface area contributed by atoms with Gasteiger partial charge in [-0.1, -0.05) is 0 Å². The Balaban J connectivity index is 2.72. The molecule has 0 aliphatic rings. The third kappa shape index (κ3) is 2.86. The molecule has 0 spiro atoms. The van der Waals surface area contributed by atoms with E-state index in [1.165, 1.54) is 6.26 Å². The van der Waals surface area contributed by atoms with E-state index in [9.17, 15) is 4.79 Å². The van der Waals surface area contributed by atoms with Crippen LogP contribution in [0.3, 0.4) is 0 Å². The van der Waals surface area contributed by atoms with E-state index in [4.69, 9.17) is 15.3 Å². The Hall–Kier alpha value is -0.810. The average molecular weight is 248 g/mol. The van der Waals surface area contributed by atoms with Crippen LogP contribution >= 0.6 is 15.9 Å². The molecule has 1 unspecified atom stereocenters. The van der Waals surface area contributed by atoms with E-state index in [2.05, 4.69) is 15.9 Å². The van der Waals surface area contributed by atoms with E-state index in [-0.39, 0.29) is 18.9 Å². The number of rotatable bonds is 4. The lowest BCUT2D eigenvalue weighted by atomic mass is 10.0. The van der Waals surface area contributed by atoms with Crippen LogP contribution in [0.25, 0.3) is 0 Å². The van der Waals surface area contributed by atoms with Crippen molar-refractivity contribution in [2.24, 2.45) is 5.73 Å². The van der Waals surface area contributed by atoms with Gasteiger partial charge in [0.05, 0.1) is 10.9 Å². The predicted octanol–water partition coefficient (Wildman–Crippen LogP) is 1.56. The molecule has 0 saturated heterocycles. The summed E-state index contributed by atoms with van der Waals surface area (Å²) in [5.74, 6) is -0.511. The van der Waals surface area contributed by atoms with Crippen LogP contribution in [0.4, 0.5) is 0 Å². The number of furan rings is 1. The summed E-state index contributed by atoms with van der Waals surface area (Å²) < 4.78 is 5.93. The first kappa shape index (κ1) is 10.3. The third-order valence-corrected chi connectivity index (χ3v) is 2.11. The van der Waals surface area contributed by atoms with E-state index in [0.717, 1.165) is 4.47 Å². The van der Waals surface area contributed by atoms with Crippen LogP contribution in [0.15, 0.2) is 21.2 Å². The van der Waals surface area contributed by atoms with Crippen LogP contribution < -0.4 is 5.73 Å². The molecule has 13 heavy (non-hydrogen) atoms. The highest BCUT2D eigenvalue weighted by Crippen LogP contribution is 2.23. The monoisotopic (exact) mass is 247 g/mol. The van der Waals surface area contributed by atoms with Crippen molar-refractivity contribution in [1.29, 1.82) is 0 Å². The molecule has 0 amide bonds. The van der Waals surface area contributed by atoms with Gasteiger partial charge in [0.25, 0.3) is 0 Å². The molecule has 5 heteroatoms. The zero-order valence-electron chi connectivity index (χ0n) is 6.87. The molecular weight excluding hydrogens is 238 g/mol. The third-order valence-electron chi connectivity index (χ3n) is 1.70. The maximum absolute atomic E-state index is 10.4. The van der Waals surface area contributed by atoms with Gasteiger partial charge in [-0.2, -0.15) is 0 Å². The molecule has 0 aromatic carbocycles. The first-order chi connectivity index (χ1) is 6.13. The maximum Gasteiger partial charge on any atom is 0.304 e. The second-order valence-electron chi connectivity index (χ2n) is 2.70. The number of hydrogen-bond donors (Lipinski definition) is 2. The molecule has 0 saturated carbocycles. The van der Waals surface area contributed by atoms with Gasteiger partial charge < -0.3 is 15.3 Å². The second kappa shape index (κ2) is 4.43. The molecular formula is C8H10BrNO3. The topological polar surface area (TPSA) is 76.5 Å². The lowest BCUT2D eigenvalue weighted by molar-refractivity contribution is -0.137. The Morgan fingerprint density at radius 1 is 1.77 bits per heavy atom. The van der Waals surface area contributed by atoms with Crippen molar-refractivity contribution in [2.45, 2.75) is 12.3 Å². The van der Waals surface area contributed by atoms with Crippen LogP contribution in [-0.4, -0.2) is 17.6 Å². The molecule has 1 aromatic heterocycles. The lowest BCUT2D eigenvalue weighted by Gasteiger charge is -2.07. The number of nitrogens with two attached hydrogens (primary N) is 1. The van der Waals surface area contributed by atoms with E-state index in [0.29, 0.717) is 5.76 Å². The van der Waals surface area contributed by atoms with Gasteiger partial charge in [0.1, 0.15) is 12.0 Å². The van der Waals surface area contributed by atoms with E-state index < -0.39 is 5.97 Å². The SMILES string of the molecule is NCC(CC(=O)O)c1cc(Br)co1. The molecule has 1 aromatic rings. The molecule has 0 aliphatic heterocycles. The fourth-order valence-electron chi connectivity index (χ4n) is 1.05. The molecule has 0 radical (unpaired) electrons.